The first kappa shape index (κ1) is 15.7. The van der Waals surface area contributed by atoms with Crippen LogP contribution in [0.25, 0.3) is 0 Å². The lowest BCUT2D eigenvalue weighted by atomic mass is 10.2. The van der Waals surface area contributed by atoms with E-state index in [1.165, 1.54) is 19.3 Å². The molecule has 0 radical (unpaired) electrons. The van der Waals surface area contributed by atoms with Gasteiger partial charge in [0.2, 0.25) is 5.88 Å². The van der Waals surface area contributed by atoms with Crippen molar-refractivity contribution in [1.82, 2.24) is 9.97 Å². The Morgan fingerprint density at radius 1 is 1.16 bits per heavy atom. The summed E-state index contributed by atoms with van der Waals surface area (Å²) >= 11 is 0. The number of unbranched alkanes of at least 4 members (excludes halogenated alkanes) is 3. The minimum atomic E-state index is 0.394. The highest BCUT2D eigenvalue weighted by Gasteiger charge is 2.05. The van der Waals surface area contributed by atoms with Crippen LogP contribution in [0.3, 0.4) is 0 Å². The van der Waals surface area contributed by atoms with E-state index in [-0.39, 0.29) is 0 Å². The number of hydrogen-bond donors (Lipinski definition) is 1. The molecule has 0 atom stereocenters. The minimum absolute atomic E-state index is 0.394. The fraction of sp³-hybridized carbons (Fsp3) is 0.714. The number of nitrogens with one attached hydrogen (secondary N) is 1. The first-order chi connectivity index (χ1) is 9.30. The Labute approximate surface area is 115 Å². The topological polar surface area (TPSA) is 56.3 Å². The van der Waals surface area contributed by atoms with Gasteiger partial charge in [-0.25, -0.2) is 4.98 Å². The molecule has 0 spiro atoms. The normalized spacial score (nSPS) is 10.5. The van der Waals surface area contributed by atoms with Crippen molar-refractivity contribution in [2.45, 2.75) is 46.1 Å². The zero-order chi connectivity index (χ0) is 13.9. The van der Waals surface area contributed by atoms with Gasteiger partial charge in [0.15, 0.2) is 5.82 Å². The van der Waals surface area contributed by atoms with Crippen molar-refractivity contribution in [3.8, 4) is 5.88 Å². The highest BCUT2D eigenvalue weighted by Crippen LogP contribution is 2.14. The van der Waals surface area contributed by atoms with E-state index in [1.54, 1.807) is 7.11 Å². The lowest BCUT2D eigenvalue weighted by molar-refractivity contribution is 0.176. The van der Waals surface area contributed by atoms with Crippen molar-refractivity contribution < 1.29 is 9.47 Å². The zero-order valence-corrected chi connectivity index (χ0v) is 12.2. The average Bonchev–Trinajstić information content (AvgIpc) is 2.39. The van der Waals surface area contributed by atoms with E-state index < -0.39 is 0 Å². The van der Waals surface area contributed by atoms with Gasteiger partial charge in [0.1, 0.15) is 12.4 Å². The Morgan fingerprint density at radius 3 is 2.68 bits per heavy atom. The Balaban J connectivity index is 2.54. The molecule has 1 N–H and O–H groups in total. The number of ether oxygens (including phenoxy) is 2. The lowest BCUT2D eigenvalue weighted by Crippen LogP contribution is -2.07. The predicted molar refractivity (Wildman–Crippen MR) is 76.5 cm³/mol. The molecule has 0 saturated heterocycles. The molecule has 19 heavy (non-hydrogen) atoms. The Kier molecular flexibility index (Phi) is 7.89. The molecule has 5 nitrogen and oxygen atoms in total. The van der Waals surface area contributed by atoms with E-state index in [0.717, 1.165) is 18.8 Å². The highest BCUT2D eigenvalue weighted by atomic mass is 16.5. The number of nitrogens with zero attached hydrogens (tertiary/aromatic N) is 2. The summed E-state index contributed by atoms with van der Waals surface area (Å²) in [4.78, 5) is 8.67. The third-order valence-electron chi connectivity index (χ3n) is 2.63. The molecule has 0 bridgehead atoms. The van der Waals surface area contributed by atoms with Crippen LogP contribution in [0.15, 0.2) is 6.07 Å². The fourth-order valence-electron chi connectivity index (χ4n) is 1.72. The van der Waals surface area contributed by atoms with Gasteiger partial charge in [-0.1, -0.05) is 26.2 Å². The quantitative estimate of drug-likeness (QED) is 0.660. The second-order valence-electron chi connectivity index (χ2n) is 4.38. The van der Waals surface area contributed by atoms with Crippen LogP contribution in [0, 0.1) is 0 Å². The molecular weight excluding hydrogens is 242 g/mol. The number of rotatable bonds is 10. The van der Waals surface area contributed by atoms with Crippen LogP contribution >= 0.6 is 0 Å². The maximum atomic E-state index is 5.68. The van der Waals surface area contributed by atoms with Gasteiger partial charge >= 0.3 is 0 Å². The minimum Gasteiger partial charge on any atom is -0.478 e. The molecule has 0 aliphatic rings. The van der Waals surface area contributed by atoms with Crippen molar-refractivity contribution in [2.24, 2.45) is 0 Å². The Hall–Kier alpha value is -1.36. The zero-order valence-electron chi connectivity index (χ0n) is 12.2. The largest absolute Gasteiger partial charge is 0.478 e. The summed E-state index contributed by atoms with van der Waals surface area (Å²) in [6.45, 7) is 6.15. The summed E-state index contributed by atoms with van der Waals surface area (Å²) in [5.74, 6) is 2.05. The summed E-state index contributed by atoms with van der Waals surface area (Å²) in [5.41, 5.74) is 0. The molecule has 0 aliphatic heterocycles. The van der Waals surface area contributed by atoms with Crippen LogP contribution in [0.2, 0.25) is 0 Å². The summed E-state index contributed by atoms with van der Waals surface area (Å²) in [6, 6.07) is 1.84. The molecule has 1 heterocycles. The molecule has 0 saturated carbocycles. The van der Waals surface area contributed by atoms with Gasteiger partial charge in [-0.15, -0.1) is 0 Å². The smallest absolute Gasteiger partial charge is 0.218 e. The molecule has 0 unspecified atom stereocenters. The molecule has 108 valence electrons. The summed E-state index contributed by atoms with van der Waals surface area (Å²) in [6.07, 6.45) is 4.75. The van der Waals surface area contributed by atoms with Gasteiger partial charge in [-0.05, 0) is 13.3 Å². The molecule has 0 fully saturated rings. The lowest BCUT2D eigenvalue weighted by Gasteiger charge is -2.09. The average molecular weight is 267 g/mol. The number of aromatic nitrogens is 2. The van der Waals surface area contributed by atoms with Gasteiger partial charge < -0.3 is 14.8 Å². The first-order valence-corrected chi connectivity index (χ1v) is 7.03. The van der Waals surface area contributed by atoms with Crippen molar-refractivity contribution in [3.63, 3.8) is 0 Å². The summed E-state index contributed by atoms with van der Waals surface area (Å²) in [5, 5.41) is 3.17. The Bertz CT molecular complexity index is 334. The van der Waals surface area contributed by atoms with Crippen LogP contribution in [-0.4, -0.2) is 30.2 Å². The van der Waals surface area contributed by atoms with Crippen molar-refractivity contribution in [3.05, 3.63) is 11.9 Å². The maximum absolute atomic E-state index is 5.68. The second-order valence-corrected chi connectivity index (χ2v) is 4.38. The van der Waals surface area contributed by atoms with E-state index in [2.05, 4.69) is 22.2 Å². The third-order valence-corrected chi connectivity index (χ3v) is 2.63. The third kappa shape index (κ3) is 6.38. The van der Waals surface area contributed by atoms with Crippen LogP contribution in [0.1, 0.15) is 45.4 Å². The fourth-order valence-corrected chi connectivity index (χ4v) is 1.72. The van der Waals surface area contributed by atoms with E-state index in [0.29, 0.717) is 24.9 Å². The standard InChI is InChI=1S/C14H25N3O2/c1-4-6-7-8-9-19-14-10-12(15-5-2)16-13(17-14)11-18-3/h10H,4-9,11H2,1-3H3,(H,15,16,17). The second kappa shape index (κ2) is 9.55. The number of anilines is 1. The molecule has 0 aliphatic carbocycles. The van der Waals surface area contributed by atoms with Crippen molar-refractivity contribution >= 4 is 5.82 Å². The SMILES string of the molecule is CCCCCCOc1cc(NCC)nc(COC)n1. The van der Waals surface area contributed by atoms with E-state index in [1.807, 2.05) is 13.0 Å². The van der Waals surface area contributed by atoms with Gasteiger partial charge in [-0.3, -0.25) is 0 Å². The van der Waals surface area contributed by atoms with Crippen LogP contribution in [0.5, 0.6) is 5.88 Å². The molecule has 5 heteroatoms. The molecule has 0 amide bonds. The van der Waals surface area contributed by atoms with Gasteiger partial charge in [0.05, 0.1) is 6.61 Å². The highest BCUT2D eigenvalue weighted by molar-refractivity contribution is 5.38. The van der Waals surface area contributed by atoms with Crippen LogP contribution < -0.4 is 10.1 Å². The summed E-state index contributed by atoms with van der Waals surface area (Å²) in [7, 11) is 1.63. The predicted octanol–water partition coefficient (Wildman–Crippen LogP) is 3.01. The van der Waals surface area contributed by atoms with Crippen LogP contribution in [0.4, 0.5) is 5.82 Å². The van der Waals surface area contributed by atoms with E-state index >= 15 is 0 Å². The molecule has 0 aromatic carbocycles. The van der Waals surface area contributed by atoms with Gasteiger partial charge in [0, 0.05) is 19.7 Å². The maximum Gasteiger partial charge on any atom is 0.218 e. The molecule has 1 aromatic heterocycles. The first-order valence-electron chi connectivity index (χ1n) is 7.03. The molecule has 1 rings (SSSR count). The molecular formula is C14H25N3O2. The van der Waals surface area contributed by atoms with E-state index in [9.17, 15) is 0 Å². The number of hydrogen-bond acceptors (Lipinski definition) is 5. The molecule has 1 aromatic rings. The number of methoxy groups -OCH3 is 1. The van der Waals surface area contributed by atoms with Gasteiger partial charge in [0.25, 0.3) is 0 Å². The van der Waals surface area contributed by atoms with Crippen molar-refractivity contribution in [2.75, 3.05) is 25.6 Å². The Morgan fingerprint density at radius 2 is 2.00 bits per heavy atom. The monoisotopic (exact) mass is 267 g/mol. The van der Waals surface area contributed by atoms with Gasteiger partial charge in [-0.2, -0.15) is 4.98 Å². The van der Waals surface area contributed by atoms with E-state index in [4.69, 9.17) is 9.47 Å². The summed E-state index contributed by atoms with van der Waals surface area (Å²) < 4.78 is 10.7. The van der Waals surface area contributed by atoms with Crippen molar-refractivity contribution in [1.29, 1.82) is 0 Å². The van der Waals surface area contributed by atoms with Crippen LogP contribution in [-0.2, 0) is 11.3 Å².